The summed E-state index contributed by atoms with van der Waals surface area (Å²) in [7, 11) is -3.70. The van der Waals surface area contributed by atoms with E-state index >= 15 is 0 Å². The standard InChI is InChI=1S/C30H35Cl2N3O4S/c1-3-18-33-30(37)28(20-23-11-6-4-7-12-23)34(22-24-13-8-5-9-14-24)29(36)15-10-19-35(40(2,38)39)27-21-25(31)16-17-26(27)32/h4-9,11-14,16-17,21,28H,3,10,15,18-20,22H2,1-2H3,(H,33,37)/t28-/m0/s1. The van der Waals surface area contributed by atoms with Gasteiger partial charge in [0.15, 0.2) is 0 Å². The van der Waals surface area contributed by atoms with E-state index in [0.29, 0.717) is 18.0 Å². The Labute approximate surface area is 247 Å². The van der Waals surface area contributed by atoms with Gasteiger partial charge in [0.05, 0.1) is 17.0 Å². The lowest BCUT2D eigenvalue weighted by Crippen LogP contribution is -2.50. The predicted octanol–water partition coefficient (Wildman–Crippen LogP) is 5.71. The molecule has 1 atom stereocenters. The van der Waals surface area contributed by atoms with Crippen LogP contribution in [0, 0.1) is 0 Å². The van der Waals surface area contributed by atoms with E-state index in [1.54, 1.807) is 11.0 Å². The molecule has 214 valence electrons. The van der Waals surface area contributed by atoms with Gasteiger partial charge in [0.1, 0.15) is 6.04 Å². The highest BCUT2D eigenvalue weighted by atomic mass is 35.5. The van der Waals surface area contributed by atoms with Gasteiger partial charge in [0.25, 0.3) is 0 Å². The minimum atomic E-state index is -3.70. The third-order valence-corrected chi connectivity index (χ3v) is 8.08. The van der Waals surface area contributed by atoms with Crippen LogP contribution >= 0.6 is 23.2 Å². The summed E-state index contributed by atoms with van der Waals surface area (Å²) < 4.78 is 26.4. The highest BCUT2D eigenvalue weighted by molar-refractivity contribution is 7.92. The second-order valence-electron chi connectivity index (χ2n) is 9.54. The lowest BCUT2D eigenvalue weighted by molar-refractivity contribution is -0.141. The smallest absolute Gasteiger partial charge is 0.243 e. The molecule has 3 aromatic rings. The van der Waals surface area contributed by atoms with Crippen LogP contribution in [0.4, 0.5) is 5.69 Å². The Bertz CT molecular complexity index is 1370. The molecule has 7 nitrogen and oxygen atoms in total. The second kappa shape index (κ2) is 15.1. The topological polar surface area (TPSA) is 86.8 Å². The highest BCUT2D eigenvalue weighted by Gasteiger charge is 2.30. The van der Waals surface area contributed by atoms with Gasteiger partial charge < -0.3 is 10.2 Å². The number of benzene rings is 3. The average Bonchev–Trinajstić information content (AvgIpc) is 2.93. The van der Waals surface area contributed by atoms with Crippen molar-refractivity contribution in [1.82, 2.24) is 10.2 Å². The monoisotopic (exact) mass is 603 g/mol. The van der Waals surface area contributed by atoms with E-state index < -0.39 is 16.1 Å². The van der Waals surface area contributed by atoms with Crippen LogP contribution in [0.3, 0.4) is 0 Å². The number of carbonyl (C=O) groups excluding carboxylic acids is 2. The highest BCUT2D eigenvalue weighted by Crippen LogP contribution is 2.31. The van der Waals surface area contributed by atoms with Gasteiger partial charge in [0.2, 0.25) is 21.8 Å². The van der Waals surface area contributed by atoms with Crippen molar-refractivity contribution in [2.45, 2.75) is 45.2 Å². The second-order valence-corrected chi connectivity index (χ2v) is 12.3. The molecule has 0 bridgehead atoms. The molecule has 1 N–H and O–H groups in total. The fourth-order valence-electron chi connectivity index (χ4n) is 4.36. The van der Waals surface area contributed by atoms with Crippen molar-refractivity contribution in [2.75, 3.05) is 23.7 Å². The quantitative estimate of drug-likeness (QED) is 0.256. The Morgan fingerprint density at radius 2 is 1.55 bits per heavy atom. The van der Waals surface area contributed by atoms with Gasteiger partial charge in [0, 0.05) is 37.5 Å². The molecule has 40 heavy (non-hydrogen) atoms. The lowest BCUT2D eigenvalue weighted by Gasteiger charge is -2.32. The molecule has 3 rings (SSSR count). The average molecular weight is 605 g/mol. The van der Waals surface area contributed by atoms with Gasteiger partial charge >= 0.3 is 0 Å². The maximum atomic E-state index is 13.8. The third-order valence-electron chi connectivity index (χ3n) is 6.35. The van der Waals surface area contributed by atoms with Crippen LogP contribution in [0.5, 0.6) is 0 Å². The third kappa shape index (κ3) is 9.25. The fraction of sp³-hybridized carbons (Fsp3) is 0.333. The van der Waals surface area contributed by atoms with E-state index in [1.165, 1.54) is 12.1 Å². The summed E-state index contributed by atoms with van der Waals surface area (Å²) in [6.07, 6.45) is 2.45. The summed E-state index contributed by atoms with van der Waals surface area (Å²) in [5.74, 6) is -0.472. The molecule has 0 heterocycles. The summed E-state index contributed by atoms with van der Waals surface area (Å²) in [5.41, 5.74) is 2.08. The molecule has 3 aromatic carbocycles. The number of sulfonamides is 1. The SMILES string of the molecule is CCCNC(=O)[C@H](Cc1ccccc1)N(Cc1ccccc1)C(=O)CCCN(c1cc(Cl)ccc1Cl)S(C)(=O)=O. The summed E-state index contributed by atoms with van der Waals surface area (Å²) in [5, 5.41) is 3.54. The van der Waals surface area contributed by atoms with Crippen LogP contribution in [0.15, 0.2) is 78.9 Å². The maximum Gasteiger partial charge on any atom is 0.243 e. The largest absolute Gasteiger partial charge is 0.354 e. The van der Waals surface area contributed by atoms with Crippen LogP contribution in [0.1, 0.15) is 37.3 Å². The van der Waals surface area contributed by atoms with Crippen molar-refractivity contribution in [1.29, 1.82) is 0 Å². The van der Waals surface area contributed by atoms with Crippen molar-refractivity contribution in [3.05, 3.63) is 100 Å². The molecule has 0 aliphatic heterocycles. The number of amides is 2. The molecule has 0 spiro atoms. The summed E-state index contributed by atoms with van der Waals surface area (Å²) in [6, 6.07) is 22.9. The molecule has 0 saturated heterocycles. The van der Waals surface area contributed by atoms with Gasteiger partial charge in [-0.05, 0) is 42.2 Å². The van der Waals surface area contributed by atoms with Crippen LogP contribution in [-0.4, -0.2) is 50.5 Å². The molecular weight excluding hydrogens is 569 g/mol. The van der Waals surface area contributed by atoms with Gasteiger partial charge in [-0.15, -0.1) is 0 Å². The van der Waals surface area contributed by atoms with Crippen molar-refractivity contribution >= 4 is 50.7 Å². The zero-order chi connectivity index (χ0) is 29.1. The number of hydrogen-bond acceptors (Lipinski definition) is 4. The van der Waals surface area contributed by atoms with Gasteiger partial charge in [-0.3, -0.25) is 13.9 Å². The molecule has 10 heteroatoms. The first kappa shape index (κ1) is 31.5. The van der Waals surface area contributed by atoms with Crippen LogP contribution in [-0.2, 0) is 32.6 Å². The Morgan fingerprint density at radius 1 is 0.925 bits per heavy atom. The molecule has 0 fully saturated rings. The number of rotatable bonds is 14. The number of nitrogens with zero attached hydrogens (tertiary/aromatic N) is 2. The Morgan fingerprint density at radius 3 is 2.15 bits per heavy atom. The number of anilines is 1. The van der Waals surface area contributed by atoms with Gasteiger partial charge in [-0.25, -0.2) is 8.42 Å². The fourth-order valence-corrected chi connectivity index (χ4v) is 5.76. The number of halogens is 2. The summed E-state index contributed by atoms with van der Waals surface area (Å²) >= 11 is 12.4. The van der Waals surface area contributed by atoms with Crippen molar-refractivity contribution in [3.63, 3.8) is 0 Å². The molecule has 0 unspecified atom stereocenters. The molecule has 2 amide bonds. The van der Waals surface area contributed by atoms with Crippen molar-refractivity contribution < 1.29 is 18.0 Å². The van der Waals surface area contributed by atoms with E-state index in [9.17, 15) is 18.0 Å². The molecule has 0 radical (unpaired) electrons. The van der Waals surface area contributed by atoms with E-state index in [2.05, 4.69) is 5.32 Å². The molecule has 0 aliphatic rings. The summed E-state index contributed by atoms with van der Waals surface area (Å²) in [6.45, 7) is 2.74. The minimum absolute atomic E-state index is 0.0230. The van der Waals surface area contributed by atoms with E-state index in [-0.39, 0.29) is 48.5 Å². The molecular formula is C30H35Cl2N3O4S. The zero-order valence-corrected chi connectivity index (χ0v) is 25.1. The first-order valence-electron chi connectivity index (χ1n) is 13.2. The van der Waals surface area contributed by atoms with E-state index in [4.69, 9.17) is 23.2 Å². The lowest BCUT2D eigenvalue weighted by atomic mass is 10.0. The van der Waals surface area contributed by atoms with Gasteiger partial charge in [-0.2, -0.15) is 0 Å². The van der Waals surface area contributed by atoms with Crippen molar-refractivity contribution in [3.8, 4) is 0 Å². The molecule has 0 aliphatic carbocycles. The minimum Gasteiger partial charge on any atom is -0.354 e. The number of hydrogen-bond donors (Lipinski definition) is 1. The van der Waals surface area contributed by atoms with Crippen LogP contribution in [0.25, 0.3) is 0 Å². The normalized spacial score (nSPS) is 12.0. The first-order valence-corrected chi connectivity index (χ1v) is 15.8. The van der Waals surface area contributed by atoms with Gasteiger partial charge in [-0.1, -0.05) is 90.8 Å². The molecule has 0 saturated carbocycles. The van der Waals surface area contributed by atoms with E-state index in [0.717, 1.165) is 28.1 Å². The Balaban J connectivity index is 1.86. The Kier molecular flexibility index (Phi) is 11.9. The number of carbonyl (C=O) groups is 2. The zero-order valence-electron chi connectivity index (χ0n) is 22.7. The Hall–Kier alpha value is -3.07. The number of nitrogens with one attached hydrogen (secondary N) is 1. The van der Waals surface area contributed by atoms with Crippen LogP contribution < -0.4 is 9.62 Å². The van der Waals surface area contributed by atoms with Crippen molar-refractivity contribution in [2.24, 2.45) is 0 Å². The predicted molar refractivity (Wildman–Crippen MR) is 162 cm³/mol. The molecule has 0 aromatic heterocycles. The van der Waals surface area contributed by atoms with E-state index in [1.807, 2.05) is 67.6 Å². The maximum absolute atomic E-state index is 13.8. The first-order chi connectivity index (χ1) is 19.1. The van der Waals surface area contributed by atoms with Crippen LogP contribution in [0.2, 0.25) is 10.0 Å². The summed E-state index contributed by atoms with van der Waals surface area (Å²) in [4.78, 5) is 28.8.